The van der Waals surface area contributed by atoms with Gasteiger partial charge in [0.25, 0.3) is 5.91 Å². The number of amidine groups is 1. The molecule has 0 radical (unpaired) electrons. The van der Waals surface area contributed by atoms with E-state index in [1.807, 2.05) is 0 Å². The van der Waals surface area contributed by atoms with Crippen molar-refractivity contribution < 1.29 is 29.0 Å². The average Bonchev–Trinajstić information content (AvgIpc) is 2.75. The normalized spacial score (nSPS) is 12.4. The van der Waals surface area contributed by atoms with Crippen LogP contribution in [-0.2, 0) is 9.53 Å². The van der Waals surface area contributed by atoms with E-state index in [9.17, 15) is 19.5 Å². The molecule has 164 valence electrons. The molecule has 0 spiro atoms. The summed E-state index contributed by atoms with van der Waals surface area (Å²) in [7, 11) is 0. The molecule has 1 amide bonds. The third-order valence-corrected chi connectivity index (χ3v) is 4.31. The topological polar surface area (TPSA) is 152 Å². The Morgan fingerprint density at radius 1 is 1.03 bits per heavy atom. The molecule has 0 fully saturated rings. The number of ketones is 1. The van der Waals surface area contributed by atoms with Crippen molar-refractivity contribution in [2.24, 2.45) is 5.73 Å². The second-order valence-electron chi connectivity index (χ2n) is 6.67. The fourth-order valence-electron chi connectivity index (χ4n) is 2.67. The number of ether oxygens (including phenoxy) is 2. The molecule has 2 aromatic rings. The molecule has 0 heterocycles. The summed E-state index contributed by atoms with van der Waals surface area (Å²) < 4.78 is 10.1. The van der Waals surface area contributed by atoms with E-state index in [0.29, 0.717) is 11.3 Å². The van der Waals surface area contributed by atoms with Crippen LogP contribution in [-0.4, -0.2) is 54.0 Å². The van der Waals surface area contributed by atoms with E-state index in [1.54, 1.807) is 6.92 Å². The Kier molecular flexibility index (Phi) is 8.27. The molecule has 2 atom stereocenters. The fraction of sp³-hybridized carbons (Fsp3) is 0.273. The lowest BCUT2D eigenvalue weighted by Gasteiger charge is -2.20. The van der Waals surface area contributed by atoms with Gasteiger partial charge in [0.15, 0.2) is 12.4 Å². The number of nitrogens with two attached hydrogens (primary N) is 1. The number of amides is 1. The number of nitrogen functional groups attached to an aromatic ring is 1. The van der Waals surface area contributed by atoms with Gasteiger partial charge in [-0.3, -0.25) is 15.0 Å². The van der Waals surface area contributed by atoms with Gasteiger partial charge in [-0.2, -0.15) is 0 Å². The molecule has 0 aliphatic carbocycles. The number of rotatable bonds is 10. The quantitative estimate of drug-likeness (QED) is 0.193. The summed E-state index contributed by atoms with van der Waals surface area (Å²) in [5, 5.41) is 20.0. The van der Waals surface area contributed by atoms with E-state index in [4.69, 9.17) is 20.6 Å². The zero-order valence-corrected chi connectivity index (χ0v) is 17.3. The van der Waals surface area contributed by atoms with Crippen LogP contribution >= 0.6 is 0 Å². The van der Waals surface area contributed by atoms with Crippen molar-refractivity contribution in [3.8, 4) is 5.75 Å². The number of hydrogen-bond acceptors (Lipinski definition) is 7. The minimum absolute atomic E-state index is 0.126. The number of nitrogens with one attached hydrogen (secondary N) is 2. The summed E-state index contributed by atoms with van der Waals surface area (Å²) in [4.78, 5) is 36.7. The minimum Gasteiger partial charge on any atom is -0.482 e. The monoisotopic (exact) mass is 427 g/mol. The number of benzene rings is 2. The maximum atomic E-state index is 12.8. The van der Waals surface area contributed by atoms with Crippen LogP contribution in [0, 0.1) is 5.41 Å². The van der Waals surface area contributed by atoms with Crippen LogP contribution in [0.15, 0.2) is 48.5 Å². The predicted octanol–water partition coefficient (Wildman–Crippen LogP) is 1.27. The zero-order valence-electron chi connectivity index (χ0n) is 17.3. The van der Waals surface area contributed by atoms with Crippen molar-refractivity contribution in [1.29, 1.82) is 5.41 Å². The van der Waals surface area contributed by atoms with Gasteiger partial charge in [-0.05, 0) is 50.2 Å². The largest absolute Gasteiger partial charge is 0.482 e. The SMILES string of the molecule is CCOC(=O)COc1ccc(C(=O)[C@@H](NC(=O)c2ccc(C(=N)N)cc2)[C@@H](C)O)cc1. The number of carbonyl (C=O) groups is 3. The third kappa shape index (κ3) is 6.65. The maximum absolute atomic E-state index is 12.8. The first-order chi connectivity index (χ1) is 14.7. The molecule has 31 heavy (non-hydrogen) atoms. The summed E-state index contributed by atoms with van der Waals surface area (Å²) >= 11 is 0. The number of aliphatic hydroxyl groups excluding tert-OH is 1. The minimum atomic E-state index is -1.17. The molecule has 2 aromatic carbocycles. The van der Waals surface area contributed by atoms with Crippen LogP contribution in [0.3, 0.4) is 0 Å². The van der Waals surface area contributed by atoms with Gasteiger partial charge in [-0.15, -0.1) is 0 Å². The van der Waals surface area contributed by atoms with E-state index in [-0.39, 0.29) is 30.2 Å². The smallest absolute Gasteiger partial charge is 0.344 e. The molecule has 0 aliphatic heterocycles. The molecule has 5 N–H and O–H groups in total. The first-order valence-electron chi connectivity index (χ1n) is 9.59. The summed E-state index contributed by atoms with van der Waals surface area (Å²) in [6.07, 6.45) is -1.15. The summed E-state index contributed by atoms with van der Waals surface area (Å²) in [5.41, 5.74) is 6.37. The van der Waals surface area contributed by atoms with E-state index < -0.39 is 29.8 Å². The third-order valence-electron chi connectivity index (χ3n) is 4.31. The van der Waals surface area contributed by atoms with Crippen molar-refractivity contribution >= 4 is 23.5 Å². The molecule has 0 aliphatic rings. The molecular formula is C22H25N3O6. The average molecular weight is 427 g/mol. The van der Waals surface area contributed by atoms with E-state index in [2.05, 4.69) is 5.32 Å². The first-order valence-corrected chi connectivity index (χ1v) is 9.59. The second kappa shape index (κ2) is 10.9. The number of Topliss-reactive ketones (excluding diaryl/α,β-unsaturated/α-hetero) is 1. The molecule has 0 saturated heterocycles. The number of carbonyl (C=O) groups excluding carboxylic acids is 3. The van der Waals surface area contributed by atoms with Gasteiger partial charge in [0.2, 0.25) is 0 Å². The van der Waals surface area contributed by atoms with Gasteiger partial charge in [0.1, 0.15) is 17.6 Å². The highest BCUT2D eigenvalue weighted by molar-refractivity contribution is 6.05. The van der Waals surface area contributed by atoms with E-state index in [1.165, 1.54) is 55.5 Å². The highest BCUT2D eigenvalue weighted by Gasteiger charge is 2.27. The molecule has 0 aromatic heterocycles. The molecular weight excluding hydrogens is 402 g/mol. The predicted molar refractivity (Wildman–Crippen MR) is 113 cm³/mol. The lowest BCUT2D eigenvalue weighted by molar-refractivity contribution is -0.145. The van der Waals surface area contributed by atoms with Crippen molar-refractivity contribution in [3.05, 3.63) is 65.2 Å². The molecule has 0 unspecified atom stereocenters. The fourth-order valence-corrected chi connectivity index (χ4v) is 2.67. The highest BCUT2D eigenvalue weighted by atomic mass is 16.6. The maximum Gasteiger partial charge on any atom is 0.344 e. The Balaban J connectivity index is 2.06. The van der Waals surface area contributed by atoms with Crippen molar-refractivity contribution in [2.45, 2.75) is 26.0 Å². The molecule has 9 nitrogen and oxygen atoms in total. The lowest BCUT2D eigenvalue weighted by atomic mass is 9.99. The Bertz CT molecular complexity index is 939. The zero-order chi connectivity index (χ0) is 23.0. The van der Waals surface area contributed by atoms with Gasteiger partial charge in [-0.1, -0.05) is 12.1 Å². The summed E-state index contributed by atoms with van der Waals surface area (Å²) in [6.45, 7) is 3.09. The van der Waals surface area contributed by atoms with Gasteiger partial charge in [0, 0.05) is 16.7 Å². The Morgan fingerprint density at radius 2 is 1.58 bits per heavy atom. The molecule has 9 heteroatoms. The van der Waals surface area contributed by atoms with Crippen LogP contribution in [0.25, 0.3) is 0 Å². The molecule has 0 saturated carbocycles. The van der Waals surface area contributed by atoms with Crippen LogP contribution in [0.5, 0.6) is 5.75 Å². The van der Waals surface area contributed by atoms with E-state index in [0.717, 1.165) is 0 Å². The standard InChI is InChI=1S/C22H25N3O6/c1-3-30-18(27)12-31-17-10-8-14(9-11-17)20(28)19(13(2)26)25-22(29)16-6-4-15(5-7-16)21(23)24/h4-11,13,19,26H,3,12H2,1-2H3,(H3,23,24)(H,25,29)/t13-,19+/m1/s1. The summed E-state index contributed by atoms with van der Waals surface area (Å²) in [5.74, 6) is -1.30. The van der Waals surface area contributed by atoms with Crippen LogP contribution in [0.2, 0.25) is 0 Å². The van der Waals surface area contributed by atoms with Crippen LogP contribution < -0.4 is 15.8 Å². The van der Waals surface area contributed by atoms with E-state index >= 15 is 0 Å². The van der Waals surface area contributed by atoms with Crippen molar-refractivity contribution in [3.63, 3.8) is 0 Å². The first kappa shape index (κ1) is 23.6. The number of esters is 1. The Labute approximate surface area is 179 Å². The van der Waals surface area contributed by atoms with Gasteiger partial charge < -0.3 is 25.6 Å². The van der Waals surface area contributed by atoms with Gasteiger partial charge in [0.05, 0.1) is 12.7 Å². The van der Waals surface area contributed by atoms with Crippen LogP contribution in [0.1, 0.15) is 40.1 Å². The van der Waals surface area contributed by atoms with Crippen LogP contribution in [0.4, 0.5) is 0 Å². The molecule has 2 rings (SSSR count). The lowest BCUT2D eigenvalue weighted by Crippen LogP contribution is -2.47. The molecule has 0 bridgehead atoms. The second-order valence-corrected chi connectivity index (χ2v) is 6.67. The summed E-state index contributed by atoms with van der Waals surface area (Å²) in [6, 6.07) is 10.8. The van der Waals surface area contributed by atoms with Gasteiger partial charge >= 0.3 is 5.97 Å². The number of aliphatic hydroxyl groups is 1. The Morgan fingerprint density at radius 3 is 2.10 bits per heavy atom. The highest BCUT2D eigenvalue weighted by Crippen LogP contribution is 2.15. The van der Waals surface area contributed by atoms with Gasteiger partial charge in [-0.25, -0.2) is 4.79 Å². The van der Waals surface area contributed by atoms with Crippen molar-refractivity contribution in [1.82, 2.24) is 5.32 Å². The van der Waals surface area contributed by atoms with Crippen molar-refractivity contribution in [2.75, 3.05) is 13.2 Å². The number of hydrogen-bond donors (Lipinski definition) is 4. The Hall–Kier alpha value is -3.72.